The highest BCUT2D eigenvalue weighted by Gasteiger charge is 2.39. The van der Waals surface area contributed by atoms with Gasteiger partial charge < -0.3 is 20.5 Å². The van der Waals surface area contributed by atoms with E-state index in [4.69, 9.17) is 10.5 Å². The van der Waals surface area contributed by atoms with Crippen LogP contribution < -0.4 is 5.73 Å². The van der Waals surface area contributed by atoms with Crippen LogP contribution in [0.3, 0.4) is 0 Å². The van der Waals surface area contributed by atoms with Gasteiger partial charge in [0.1, 0.15) is 11.4 Å². The molecule has 1 atom stereocenters. The van der Waals surface area contributed by atoms with Crippen LogP contribution in [0, 0.1) is 5.92 Å². The van der Waals surface area contributed by atoms with Crippen molar-refractivity contribution in [1.29, 1.82) is 0 Å². The number of ether oxygens (including phenoxy) is 1. The molecule has 6 nitrogen and oxygen atoms in total. The predicted octanol–water partition coefficient (Wildman–Crippen LogP) is 2.44. The molecule has 126 valence electrons. The molecule has 1 aliphatic heterocycles. The number of hydrogen-bond acceptors (Lipinski definition) is 5. The van der Waals surface area contributed by atoms with Crippen LogP contribution in [0.2, 0.25) is 0 Å². The molecular weight excluding hydrogens is 294 g/mol. The maximum Gasteiger partial charge on any atom is 0.410 e. The number of aliphatic hydroxyl groups excluding tert-OH is 1. The maximum absolute atomic E-state index is 11.9. The molecule has 23 heavy (non-hydrogen) atoms. The molecule has 3 rings (SSSR count). The zero-order valence-corrected chi connectivity index (χ0v) is 14.0. The van der Waals surface area contributed by atoms with Gasteiger partial charge in [0.2, 0.25) is 0 Å². The van der Waals surface area contributed by atoms with Crippen LogP contribution in [0.1, 0.15) is 56.8 Å². The van der Waals surface area contributed by atoms with Crippen molar-refractivity contribution in [2.45, 2.75) is 51.2 Å². The molecule has 2 heterocycles. The Balaban J connectivity index is 1.61. The first-order chi connectivity index (χ1) is 10.7. The summed E-state index contributed by atoms with van der Waals surface area (Å²) in [4.78, 5) is 17.8. The molecule has 0 spiro atoms. The number of carbonyl (C=O) groups excluding carboxylic acids is 1. The number of aliphatic hydroxyl groups is 1. The average Bonchev–Trinajstić information content (AvgIpc) is 3.19. The van der Waals surface area contributed by atoms with E-state index in [-0.39, 0.29) is 12.0 Å². The van der Waals surface area contributed by atoms with Crippen molar-refractivity contribution in [3.63, 3.8) is 0 Å². The van der Waals surface area contributed by atoms with Gasteiger partial charge in [0.15, 0.2) is 0 Å². The van der Waals surface area contributed by atoms with Crippen molar-refractivity contribution in [3.05, 3.63) is 23.4 Å². The summed E-state index contributed by atoms with van der Waals surface area (Å²) in [5.41, 5.74) is 7.26. The first-order valence-corrected chi connectivity index (χ1v) is 8.16. The highest BCUT2D eigenvalue weighted by molar-refractivity contribution is 5.69. The number of aromatic nitrogens is 1. The first kappa shape index (κ1) is 16.1. The van der Waals surface area contributed by atoms with Crippen LogP contribution >= 0.6 is 0 Å². The third kappa shape index (κ3) is 3.58. The largest absolute Gasteiger partial charge is 0.444 e. The summed E-state index contributed by atoms with van der Waals surface area (Å²) < 4.78 is 5.33. The van der Waals surface area contributed by atoms with Gasteiger partial charge in [-0.25, -0.2) is 9.78 Å². The lowest BCUT2D eigenvalue weighted by Crippen LogP contribution is -2.53. The van der Waals surface area contributed by atoms with Gasteiger partial charge in [-0.2, -0.15) is 0 Å². The number of amides is 1. The number of nitrogen functional groups attached to an aromatic ring is 1. The molecule has 1 aromatic rings. The van der Waals surface area contributed by atoms with Crippen LogP contribution in [0.5, 0.6) is 0 Å². The maximum atomic E-state index is 11.9. The van der Waals surface area contributed by atoms with Crippen molar-refractivity contribution in [2.75, 3.05) is 18.8 Å². The highest BCUT2D eigenvalue weighted by Crippen LogP contribution is 2.42. The Kier molecular flexibility index (Phi) is 3.96. The normalized spacial score (nSPS) is 20.1. The predicted molar refractivity (Wildman–Crippen MR) is 86.9 cm³/mol. The number of hydrogen-bond donors (Lipinski definition) is 2. The molecule has 0 aromatic carbocycles. The molecule has 1 saturated carbocycles. The van der Waals surface area contributed by atoms with Crippen molar-refractivity contribution >= 4 is 11.9 Å². The van der Waals surface area contributed by atoms with Gasteiger partial charge in [0.25, 0.3) is 0 Å². The SMILES string of the molecule is CC(C)(C)OC(=O)N1CC(C(O)c2cc(C3CC3)cnc2N)C1. The summed E-state index contributed by atoms with van der Waals surface area (Å²) in [7, 11) is 0. The second-order valence-electron chi connectivity index (χ2n) is 7.61. The van der Waals surface area contributed by atoms with E-state index >= 15 is 0 Å². The lowest BCUT2D eigenvalue weighted by atomic mass is 9.89. The number of carbonyl (C=O) groups is 1. The van der Waals surface area contributed by atoms with E-state index < -0.39 is 11.7 Å². The van der Waals surface area contributed by atoms with E-state index in [1.165, 1.54) is 12.8 Å². The van der Waals surface area contributed by atoms with Crippen LogP contribution in [-0.2, 0) is 4.74 Å². The van der Waals surface area contributed by atoms with Gasteiger partial charge in [-0.3, -0.25) is 0 Å². The third-order valence-electron chi connectivity index (χ3n) is 4.35. The van der Waals surface area contributed by atoms with Crippen molar-refractivity contribution in [1.82, 2.24) is 9.88 Å². The molecule has 2 fully saturated rings. The van der Waals surface area contributed by atoms with Gasteiger partial charge in [-0.05, 0) is 51.2 Å². The topological polar surface area (TPSA) is 88.7 Å². The van der Waals surface area contributed by atoms with Gasteiger partial charge in [0, 0.05) is 30.8 Å². The Morgan fingerprint density at radius 2 is 2.09 bits per heavy atom. The lowest BCUT2D eigenvalue weighted by molar-refractivity contribution is -0.0313. The molecule has 1 amide bonds. The van der Waals surface area contributed by atoms with Crippen LogP contribution in [0.15, 0.2) is 12.3 Å². The zero-order valence-electron chi connectivity index (χ0n) is 14.0. The Morgan fingerprint density at radius 3 is 2.65 bits per heavy atom. The minimum absolute atomic E-state index is 0.0268. The standard InChI is InChI=1S/C17H25N3O3/c1-17(2,3)23-16(22)20-8-12(9-20)14(21)13-6-11(10-4-5-10)7-19-15(13)18/h6-7,10,12,14,21H,4-5,8-9H2,1-3H3,(H2,18,19). The van der Waals surface area contributed by atoms with Crippen molar-refractivity contribution < 1.29 is 14.6 Å². The minimum Gasteiger partial charge on any atom is -0.444 e. The van der Waals surface area contributed by atoms with Crippen molar-refractivity contribution in [3.8, 4) is 0 Å². The average molecular weight is 319 g/mol. The smallest absolute Gasteiger partial charge is 0.410 e. The van der Waals surface area contributed by atoms with Crippen LogP contribution in [0.4, 0.5) is 10.6 Å². The fourth-order valence-corrected chi connectivity index (χ4v) is 2.83. The number of anilines is 1. The van der Waals surface area contributed by atoms with Gasteiger partial charge in [0.05, 0.1) is 6.10 Å². The fourth-order valence-electron chi connectivity index (χ4n) is 2.83. The molecule has 0 radical (unpaired) electrons. The Hall–Kier alpha value is -1.82. The van der Waals surface area contributed by atoms with E-state index in [1.807, 2.05) is 26.8 Å². The summed E-state index contributed by atoms with van der Waals surface area (Å²) in [5, 5.41) is 10.6. The number of pyridine rings is 1. The molecule has 6 heteroatoms. The summed E-state index contributed by atoms with van der Waals surface area (Å²) >= 11 is 0. The van der Waals surface area contributed by atoms with E-state index in [0.29, 0.717) is 30.4 Å². The summed E-state index contributed by atoms with van der Waals surface area (Å²) in [5.74, 6) is 0.910. The van der Waals surface area contributed by atoms with Gasteiger partial charge in [-0.15, -0.1) is 0 Å². The molecule has 1 aliphatic carbocycles. The molecule has 1 aromatic heterocycles. The quantitative estimate of drug-likeness (QED) is 0.893. The van der Waals surface area contributed by atoms with E-state index in [2.05, 4.69) is 4.98 Å². The number of nitrogens with two attached hydrogens (primary N) is 1. The summed E-state index contributed by atoms with van der Waals surface area (Å²) in [6.07, 6.45) is 3.13. The summed E-state index contributed by atoms with van der Waals surface area (Å²) in [6, 6.07) is 1.97. The van der Waals surface area contributed by atoms with Gasteiger partial charge >= 0.3 is 6.09 Å². The Labute approximate surface area is 136 Å². The Bertz CT molecular complexity index is 602. The summed E-state index contributed by atoms with van der Waals surface area (Å²) in [6.45, 7) is 6.47. The molecule has 3 N–H and O–H groups in total. The monoisotopic (exact) mass is 319 g/mol. The van der Waals surface area contributed by atoms with Crippen molar-refractivity contribution in [2.24, 2.45) is 5.92 Å². The Morgan fingerprint density at radius 1 is 1.43 bits per heavy atom. The molecule has 0 bridgehead atoms. The highest BCUT2D eigenvalue weighted by atomic mass is 16.6. The fraction of sp³-hybridized carbons (Fsp3) is 0.647. The number of nitrogens with zero attached hydrogens (tertiary/aromatic N) is 2. The minimum atomic E-state index is -0.695. The second kappa shape index (κ2) is 5.67. The third-order valence-corrected chi connectivity index (χ3v) is 4.35. The van der Waals surface area contributed by atoms with E-state index in [0.717, 1.165) is 5.56 Å². The van der Waals surface area contributed by atoms with E-state index in [9.17, 15) is 9.90 Å². The molecular formula is C17H25N3O3. The second-order valence-corrected chi connectivity index (χ2v) is 7.61. The number of likely N-dealkylation sites (tertiary alicyclic amines) is 1. The molecule has 2 aliphatic rings. The molecule has 1 saturated heterocycles. The lowest BCUT2D eigenvalue weighted by Gasteiger charge is -2.42. The number of rotatable bonds is 3. The zero-order chi connectivity index (χ0) is 16.8. The van der Waals surface area contributed by atoms with Gasteiger partial charge in [-0.1, -0.05) is 0 Å². The molecule has 1 unspecified atom stereocenters. The van der Waals surface area contributed by atoms with Crippen LogP contribution in [0.25, 0.3) is 0 Å². The first-order valence-electron chi connectivity index (χ1n) is 8.16. The van der Waals surface area contributed by atoms with E-state index in [1.54, 1.807) is 11.1 Å². The van der Waals surface area contributed by atoms with Crippen LogP contribution in [-0.4, -0.2) is 39.8 Å².